The van der Waals surface area contributed by atoms with Crippen LogP contribution in [0.1, 0.15) is 40.0 Å². The summed E-state index contributed by atoms with van der Waals surface area (Å²) in [5.41, 5.74) is 1.11. The van der Waals surface area contributed by atoms with E-state index in [9.17, 15) is 9.90 Å². The SMILES string of the molecule is C=C1[C@@H](O)[C@H](C(C)C)C[C@@H]([Si](C)(C)C)[C@]1(C)CCC(=O)OCCO. The van der Waals surface area contributed by atoms with Crippen molar-refractivity contribution >= 4 is 14.0 Å². The molecule has 1 rings (SSSR count). The standard InChI is InChI=1S/C19H36O4Si/c1-13(2)15-12-16(24(5,6)7)19(4,14(3)18(15)22)9-8-17(21)23-11-10-20/h13,15-16,18,20,22H,3,8-12H2,1-2,4-7H3/t15-,16+,18+,19+/m0/s1. The maximum absolute atomic E-state index is 11.9. The molecule has 0 bridgehead atoms. The minimum absolute atomic E-state index is 0.0476. The first-order chi connectivity index (χ1) is 10.9. The van der Waals surface area contributed by atoms with Crippen LogP contribution in [0.4, 0.5) is 0 Å². The first-order valence-corrected chi connectivity index (χ1v) is 12.7. The molecule has 0 unspecified atom stereocenters. The lowest BCUT2D eigenvalue weighted by atomic mass is 9.62. The van der Waals surface area contributed by atoms with Crippen LogP contribution >= 0.6 is 0 Å². The lowest BCUT2D eigenvalue weighted by molar-refractivity contribution is -0.145. The Bertz CT molecular complexity index is 455. The molecule has 1 saturated carbocycles. The topological polar surface area (TPSA) is 66.8 Å². The van der Waals surface area contributed by atoms with E-state index in [1.54, 1.807) is 0 Å². The minimum Gasteiger partial charge on any atom is -0.463 e. The second kappa shape index (κ2) is 8.15. The average molecular weight is 357 g/mol. The van der Waals surface area contributed by atoms with Crippen LogP contribution in [-0.2, 0) is 9.53 Å². The minimum atomic E-state index is -1.51. The molecule has 0 aromatic rings. The third kappa shape index (κ3) is 4.70. The molecule has 1 aliphatic carbocycles. The van der Waals surface area contributed by atoms with E-state index in [4.69, 9.17) is 9.84 Å². The molecule has 4 nitrogen and oxygen atoms in total. The lowest BCUT2D eigenvalue weighted by Gasteiger charge is -2.54. The second-order valence-electron chi connectivity index (χ2n) is 8.89. The highest BCUT2D eigenvalue weighted by molar-refractivity contribution is 6.77. The Morgan fingerprint density at radius 3 is 2.46 bits per heavy atom. The Labute approximate surface area is 148 Å². The highest BCUT2D eigenvalue weighted by Crippen LogP contribution is 2.57. The first kappa shape index (κ1) is 21.4. The fourth-order valence-corrected chi connectivity index (χ4v) is 7.58. The summed E-state index contributed by atoms with van der Waals surface area (Å²) < 4.78 is 5.00. The van der Waals surface area contributed by atoms with Gasteiger partial charge in [0.05, 0.1) is 12.7 Å². The van der Waals surface area contributed by atoms with Crippen molar-refractivity contribution in [2.75, 3.05) is 13.2 Å². The largest absolute Gasteiger partial charge is 0.463 e. The van der Waals surface area contributed by atoms with E-state index < -0.39 is 14.2 Å². The van der Waals surface area contributed by atoms with Crippen LogP contribution in [0.2, 0.25) is 25.2 Å². The van der Waals surface area contributed by atoms with Crippen molar-refractivity contribution < 1.29 is 19.7 Å². The average Bonchev–Trinajstić information content (AvgIpc) is 2.47. The van der Waals surface area contributed by atoms with Gasteiger partial charge in [-0.25, -0.2) is 0 Å². The van der Waals surface area contributed by atoms with E-state index in [-0.39, 0.29) is 30.5 Å². The Balaban J connectivity index is 3.02. The monoisotopic (exact) mass is 356 g/mol. The van der Waals surface area contributed by atoms with Gasteiger partial charge in [0.1, 0.15) is 6.61 Å². The highest BCUT2D eigenvalue weighted by Gasteiger charge is 2.51. The number of carbonyl (C=O) groups is 1. The van der Waals surface area contributed by atoms with E-state index in [2.05, 4.69) is 47.0 Å². The number of hydrogen-bond donors (Lipinski definition) is 2. The molecular weight excluding hydrogens is 320 g/mol. The Morgan fingerprint density at radius 1 is 1.42 bits per heavy atom. The summed E-state index contributed by atoms with van der Waals surface area (Å²) in [6.07, 6.45) is 1.44. The van der Waals surface area contributed by atoms with Gasteiger partial charge in [0.15, 0.2) is 0 Å². The molecule has 0 saturated heterocycles. The van der Waals surface area contributed by atoms with Gasteiger partial charge in [0, 0.05) is 14.5 Å². The van der Waals surface area contributed by atoms with Crippen LogP contribution in [0, 0.1) is 17.3 Å². The summed E-state index contributed by atoms with van der Waals surface area (Å²) >= 11 is 0. The Kier molecular flexibility index (Phi) is 7.26. The summed E-state index contributed by atoms with van der Waals surface area (Å²) in [7, 11) is -1.51. The number of rotatable bonds is 7. The summed E-state index contributed by atoms with van der Waals surface area (Å²) in [6, 6.07) is 0. The molecule has 0 aromatic heterocycles. The van der Waals surface area contributed by atoms with Gasteiger partial charge < -0.3 is 14.9 Å². The van der Waals surface area contributed by atoms with E-state index in [1.807, 2.05) is 0 Å². The molecular formula is C19H36O4Si. The third-order valence-corrected chi connectivity index (χ3v) is 8.84. The fraction of sp³-hybridized carbons (Fsp3) is 0.842. The van der Waals surface area contributed by atoms with Crippen molar-refractivity contribution in [3.8, 4) is 0 Å². The molecule has 0 aromatic carbocycles. The molecule has 140 valence electrons. The van der Waals surface area contributed by atoms with Gasteiger partial charge in [-0.3, -0.25) is 4.79 Å². The molecule has 2 N–H and O–H groups in total. The fourth-order valence-electron chi connectivity index (χ4n) is 4.36. The van der Waals surface area contributed by atoms with Crippen molar-refractivity contribution in [2.24, 2.45) is 17.3 Å². The maximum atomic E-state index is 11.9. The van der Waals surface area contributed by atoms with Crippen molar-refractivity contribution in [3.63, 3.8) is 0 Å². The summed E-state index contributed by atoms with van der Waals surface area (Å²) in [5, 5.41) is 19.6. The molecule has 0 spiro atoms. The molecule has 0 aliphatic heterocycles. The molecule has 5 heteroatoms. The van der Waals surface area contributed by atoms with Crippen molar-refractivity contribution in [1.82, 2.24) is 0 Å². The predicted molar refractivity (Wildman–Crippen MR) is 101 cm³/mol. The quantitative estimate of drug-likeness (QED) is 0.415. The zero-order valence-corrected chi connectivity index (χ0v) is 17.3. The van der Waals surface area contributed by atoms with Crippen molar-refractivity contribution in [3.05, 3.63) is 12.2 Å². The number of ether oxygens (including phenoxy) is 1. The zero-order chi connectivity index (χ0) is 18.7. The predicted octanol–water partition coefficient (Wildman–Crippen LogP) is 3.61. The third-order valence-electron chi connectivity index (χ3n) is 5.88. The number of aliphatic hydroxyl groups excluding tert-OH is 2. The van der Waals surface area contributed by atoms with Crippen LogP contribution in [-0.4, -0.2) is 43.6 Å². The molecule has 0 amide bonds. The van der Waals surface area contributed by atoms with E-state index in [1.165, 1.54) is 0 Å². The number of esters is 1. The van der Waals surface area contributed by atoms with Crippen LogP contribution in [0.25, 0.3) is 0 Å². The van der Waals surface area contributed by atoms with E-state index in [0.29, 0.717) is 24.3 Å². The van der Waals surface area contributed by atoms with Gasteiger partial charge in [-0.2, -0.15) is 0 Å². The normalized spacial score (nSPS) is 31.4. The first-order valence-electron chi connectivity index (χ1n) is 9.09. The molecule has 1 fully saturated rings. The Hall–Kier alpha value is -0.653. The van der Waals surface area contributed by atoms with Crippen LogP contribution in [0.5, 0.6) is 0 Å². The van der Waals surface area contributed by atoms with Gasteiger partial charge in [0.25, 0.3) is 0 Å². The van der Waals surface area contributed by atoms with Crippen LogP contribution < -0.4 is 0 Å². The number of aliphatic hydroxyl groups is 2. The van der Waals surface area contributed by atoms with E-state index >= 15 is 0 Å². The molecule has 0 heterocycles. The van der Waals surface area contributed by atoms with Gasteiger partial charge >= 0.3 is 5.97 Å². The van der Waals surface area contributed by atoms with E-state index in [0.717, 1.165) is 12.0 Å². The summed E-state index contributed by atoms with van der Waals surface area (Å²) in [6.45, 7) is 17.7. The summed E-state index contributed by atoms with van der Waals surface area (Å²) in [5.74, 6) is 0.367. The smallest absolute Gasteiger partial charge is 0.305 e. The van der Waals surface area contributed by atoms with Gasteiger partial charge in [-0.05, 0) is 41.2 Å². The second-order valence-corrected chi connectivity index (χ2v) is 14.3. The van der Waals surface area contributed by atoms with Gasteiger partial charge in [-0.1, -0.05) is 47.0 Å². The molecule has 24 heavy (non-hydrogen) atoms. The van der Waals surface area contributed by atoms with Crippen LogP contribution in [0.15, 0.2) is 12.2 Å². The van der Waals surface area contributed by atoms with Crippen molar-refractivity contribution in [1.29, 1.82) is 0 Å². The number of hydrogen-bond acceptors (Lipinski definition) is 4. The molecule has 4 atom stereocenters. The van der Waals surface area contributed by atoms with Gasteiger partial charge in [0.2, 0.25) is 0 Å². The summed E-state index contributed by atoms with van der Waals surface area (Å²) in [4.78, 5) is 11.9. The lowest BCUT2D eigenvalue weighted by Crippen LogP contribution is -2.50. The van der Waals surface area contributed by atoms with Gasteiger partial charge in [-0.15, -0.1) is 0 Å². The van der Waals surface area contributed by atoms with Crippen molar-refractivity contribution in [2.45, 2.75) is 71.3 Å². The molecule has 1 aliphatic rings. The highest BCUT2D eigenvalue weighted by atomic mass is 28.3. The molecule has 0 radical (unpaired) electrons. The van der Waals surface area contributed by atoms with Crippen LogP contribution in [0.3, 0.4) is 0 Å². The maximum Gasteiger partial charge on any atom is 0.305 e. The zero-order valence-electron chi connectivity index (χ0n) is 16.3. The number of carbonyl (C=O) groups excluding carboxylic acids is 1. The Morgan fingerprint density at radius 2 is 2.00 bits per heavy atom.